The smallest absolute Gasteiger partial charge is 0.133 e. The number of hydrogen-bond acceptors (Lipinski definition) is 4. The normalized spacial score (nSPS) is 13.1. The first-order chi connectivity index (χ1) is 7.29. The van der Waals surface area contributed by atoms with Crippen LogP contribution in [0.5, 0.6) is 0 Å². The van der Waals surface area contributed by atoms with E-state index >= 15 is 0 Å². The summed E-state index contributed by atoms with van der Waals surface area (Å²) in [7, 11) is 0. The van der Waals surface area contributed by atoms with Gasteiger partial charge in [0.05, 0.1) is 13.2 Å². The maximum atomic E-state index is 9.95. The number of aliphatic hydroxyl groups is 3. The summed E-state index contributed by atoms with van der Waals surface area (Å²) in [6.45, 7) is 0.612. The summed E-state index contributed by atoms with van der Waals surface area (Å²) in [4.78, 5) is 1.62. The van der Waals surface area contributed by atoms with E-state index in [1.807, 2.05) is 30.3 Å². The summed E-state index contributed by atoms with van der Waals surface area (Å²) in [5.74, 6) is 0. The Morgan fingerprint density at radius 2 is 1.53 bits per heavy atom. The molecule has 0 saturated heterocycles. The molecule has 0 amide bonds. The first-order valence-corrected chi connectivity index (χ1v) is 4.98. The molecule has 0 aromatic heterocycles. The van der Waals surface area contributed by atoms with Crippen LogP contribution in [0, 0.1) is 0 Å². The lowest BCUT2D eigenvalue weighted by atomic mass is 10.2. The van der Waals surface area contributed by atoms with E-state index in [4.69, 9.17) is 10.2 Å². The van der Waals surface area contributed by atoms with Gasteiger partial charge in [-0.3, -0.25) is 4.90 Å². The van der Waals surface area contributed by atoms with Crippen LogP contribution in [0.25, 0.3) is 0 Å². The minimum atomic E-state index is -0.773. The second-order valence-electron chi connectivity index (χ2n) is 3.27. The van der Waals surface area contributed by atoms with Gasteiger partial charge < -0.3 is 15.3 Å². The fourth-order valence-electron chi connectivity index (χ4n) is 1.45. The predicted octanol–water partition coefficient (Wildman–Crippen LogP) is -0.0359. The van der Waals surface area contributed by atoms with Crippen molar-refractivity contribution in [3.8, 4) is 0 Å². The van der Waals surface area contributed by atoms with Crippen molar-refractivity contribution in [3.63, 3.8) is 0 Å². The molecule has 0 aliphatic carbocycles. The molecule has 1 aromatic rings. The van der Waals surface area contributed by atoms with Gasteiger partial charge in [-0.05, 0) is 5.56 Å². The number of aliphatic hydroxyl groups excluding tert-OH is 3. The Morgan fingerprint density at radius 1 is 1.00 bits per heavy atom. The molecule has 0 spiro atoms. The van der Waals surface area contributed by atoms with Crippen LogP contribution >= 0.6 is 0 Å². The lowest BCUT2D eigenvalue weighted by Crippen LogP contribution is -2.33. The SMILES string of the molecule is OCCN(CCO)C(O)c1ccccc1. The van der Waals surface area contributed by atoms with Gasteiger partial charge >= 0.3 is 0 Å². The van der Waals surface area contributed by atoms with Gasteiger partial charge in [-0.15, -0.1) is 0 Å². The Balaban J connectivity index is 2.67. The van der Waals surface area contributed by atoms with Gasteiger partial charge in [-0.25, -0.2) is 0 Å². The van der Waals surface area contributed by atoms with Crippen molar-refractivity contribution in [1.29, 1.82) is 0 Å². The van der Waals surface area contributed by atoms with Crippen molar-refractivity contribution in [2.24, 2.45) is 0 Å². The van der Waals surface area contributed by atoms with Gasteiger partial charge in [0.15, 0.2) is 0 Å². The second-order valence-corrected chi connectivity index (χ2v) is 3.27. The number of hydrogen-bond donors (Lipinski definition) is 3. The predicted molar refractivity (Wildman–Crippen MR) is 57.1 cm³/mol. The molecule has 0 aliphatic heterocycles. The monoisotopic (exact) mass is 211 g/mol. The fourth-order valence-corrected chi connectivity index (χ4v) is 1.45. The molecular formula is C11H17NO3. The topological polar surface area (TPSA) is 63.9 Å². The van der Waals surface area contributed by atoms with E-state index in [1.165, 1.54) is 0 Å². The highest BCUT2D eigenvalue weighted by Gasteiger charge is 2.15. The number of rotatable bonds is 6. The summed E-state index contributed by atoms with van der Waals surface area (Å²) in [6, 6.07) is 9.18. The average Bonchev–Trinajstić information content (AvgIpc) is 2.29. The Bertz CT molecular complexity index is 260. The highest BCUT2D eigenvalue weighted by atomic mass is 16.3. The van der Waals surface area contributed by atoms with Gasteiger partial charge in [0.25, 0.3) is 0 Å². The molecule has 0 saturated carbocycles. The fraction of sp³-hybridized carbons (Fsp3) is 0.455. The Morgan fingerprint density at radius 3 is 2.00 bits per heavy atom. The van der Waals surface area contributed by atoms with Crippen LogP contribution in [-0.4, -0.2) is 46.5 Å². The van der Waals surface area contributed by atoms with Crippen molar-refractivity contribution in [2.75, 3.05) is 26.3 Å². The minimum absolute atomic E-state index is 0.0378. The van der Waals surface area contributed by atoms with Crippen molar-refractivity contribution in [3.05, 3.63) is 35.9 Å². The van der Waals surface area contributed by atoms with E-state index in [0.717, 1.165) is 5.56 Å². The first-order valence-electron chi connectivity index (χ1n) is 4.98. The second kappa shape index (κ2) is 6.53. The maximum Gasteiger partial charge on any atom is 0.133 e. The zero-order valence-electron chi connectivity index (χ0n) is 8.58. The lowest BCUT2D eigenvalue weighted by molar-refractivity contribution is -0.0160. The molecule has 0 fully saturated rings. The molecule has 0 radical (unpaired) electrons. The van der Waals surface area contributed by atoms with Crippen LogP contribution < -0.4 is 0 Å². The average molecular weight is 211 g/mol. The van der Waals surface area contributed by atoms with Crippen LogP contribution in [-0.2, 0) is 0 Å². The standard InChI is InChI=1S/C11H17NO3/c13-8-6-12(7-9-14)11(15)10-4-2-1-3-5-10/h1-5,11,13-15H,6-9H2. The summed E-state index contributed by atoms with van der Waals surface area (Å²) < 4.78 is 0. The summed E-state index contributed by atoms with van der Waals surface area (Å²) in [5, 5.41) is 27.6. The van der Waals surface area contributed by atoms with Crippen LogP contribution in [0.15, 0.2) is 30.3 Å². The molecule has 0 heterocycles. The third-order valence-corrected chi connectivity index (χ3v) is 2.22. The molecule has 4 heteroatoms. The van der Waals surface area contributed by atoms with E-state index in [1.54, 1.807) is 4.90 Å². The van der Waals surface area contributed by atoms with Gasteiger partial charge in [0.2, 0.25) is 0 Å². The van der Waals surface area contributed by atoms with Crippen LogP contribution in [0.3, 0.4) is 0 Å². The maximum absolute atomic E-state index is 9.95. The Kier molecular flexibility index (Phi) is 5.28. The van der Waals surface area contributed by atoms with E-state index in [9.17, 15) is 5.11 Å². The molecule has 1 aromatic carbocycles. The van der Waals surface area contributed by atoms with Crippen LogP contribution in [0.2, 0.25) is 0 Å². The highest BCUT2D eigenvalue weighted by molar-refractivity contribution is 5.16. The zero-order chi connectivity index (χ0) is 11.1. The van der Waals surface area contributed by atoms with Crippen molar-refractivity contribution in [2.45, 2.75) is 6.23 Å². The first kappa shape index (κ1) is 12.1. The molecule has 1 unspecified atom stereocenters. The third kappa shape index (κ3) is 3.60. The van der Waals surface area contributed by atoms with Gasteiger partial charge in [-0.2, -0.15) is 0 Å². The van der Waals surface area contributed by atoms with Crippen molar-refractivity contribution < 1.29 is 15.3 Å². The van der Waals surface area contributed by atoms with Crippen LogP contribution in [0.4, 0.5) is 0 Å². The molecule has 4 nitrogen and oxygen atoms in total. The van der Waals surface area contributed by atoms with E-state index < -0.39 is 6.23 Å². The molecular weight excluding hydrogens is 194 g/mol. The van der Waals surface area contributed by atoms with Crippen molar-refractivity contribution >= 4 is 0 Å². The Hall–Kier alpha value is -0.940. The number of nitrogens with zero attached hydrogens (tertiary/aromatic N) is 1. The quantitative estimate of drug-likeness (QED) is 0.578. The summed E-state index contributed by atoms with van der Waals surface area (Å²) in [5.41, 5.74) is 0.763. The minimum Gasteiger partial charge on any atom is -0.395 e. The summed E-state index contributed by atoms with van der Waals surface area (Å²) in [6.07, 6.45) is -0.773. The highest BCUT2D eigenvalue weighted by Crippen LogP contribution is 2.16. The van der Waals surface area contributed by atoms with Crippen molar-refractivity contribution in [1.82, 2.24) is 4.90 Å². The lowest BCUT2D eigenvalue weighted by Gasteiger charge is -2.26. The molecule has 84 valence electrons. The molecule has 1 atom stereocenters. The molecule has 1 rings (SSSR count). The van der Waals surface area contributed by atoms with E-state index in [-0.39, 0.29) is 13.2 Å². The third-order valence-electron chi connectivity index (χ3n) is 2.22. The molecule has 0 aliphatic rings. The van der Waals surface area contributed by atoms with Gasteiger partial charge in [0.1, 0.15) is 6.23 Å². The molecule has 15 heavy (non-hydrogen) atoms. The molecule has 3 N–H and O–H groups in total. The van der Waals surface area contributed by atoms with E-state index in [0.29, 0.717) is 13.1 Å². The molecule has 0 bridgehead atoms. The largest absolute Gasteiger partial charge is 0.395 e. The van der Waals surface area contributed by atoms with Gasteiger partial charge in [0, 0.05) is 13.1 Å². The number of benzene rings is 1. The summed E-state index contributed by atoms with van der Waals surface area (Å²) >= 11 is 0. The van der Waals surface area contributed by atoms with Crippen LogP contribution in [0.1, 0.15) is 11.8 Å². The Labute approximate surface area is 89.4 Å². The van der Waals surface area contributed by atoms with Gasteiger partial charge in [-0.1, -0.05) is 30.3 Å². The van der Waals surface area contributed by atoms with E-state index in [2.05, 4.69) is 0 Å². The zero-order valence-corrected chi connectivity index (χ0v) is 8.58.